The predicted molar refractivity (Wildman–Crippen MR) is 68.6 cm³/mol. The summed E-state index contributed by atoms with van der Waals surface area (Å²) < 4.78 is 13.4. The first-order valence-corrected chi connectivity index (χ1v) is 5.83. The van der Waals surface area contributed by atoms with Gasteiger partial charge < -0.3 is 15.5 Å². The van der Waals surface area contributed by atoms with Gasteiger partial charge in [0.1, 0.15) is 11.5 Å². The van der Waals surface area contributed by atoms with Crippen molar-refractivity contribution < 1.29 is 19.5 Å². The molecule has 3 N–H and O–H groups in total. The number of nitrogens with one attached hydrogen (secondary N) is 1. The maximum Gasteiger partial charge on any atom is 0.295 e. The molecule has 106 valence electrons. The Kier molecular flexibility index (Phi) is 4.79. The van der Waals surface area contributed by atoms with Gasteiger partial charge >= 0.3 is 0 Å². The molecule has 0 radical (unpaired) electrons. The first-order valence-electron chi connectivity index (χ1n) is 5.83. The second-order valence-electron chi connectivity index (χ2n) is 4.45. The van der Waals surface area contributed by atoms with Crippen molar-refractivity contribution in [1.29, 1.82) is 0 Å². The largest absolute Gasteiger partial charge is 0.394 e. The highest BCUT2D eigenvalue weighted by Gasteiger charge is 2.29. The van der Waals surface area contributed by atoms with Gasteiger partial charge in [-0.1, -0.05) is 6.92 Å². The standard InChI is InChI=1S/C12H17FN2O4/c1-3-12(6-16,7-17)14-10-4-8(2)9(13)5-11(10)15(18)19/h4-5,14,16-17H,3,6-7H2,1-2H3. The number of aliphatic hydroxyl groups is 2. The molecule has 0 saturated heterocycles. The van der Waals surface area contributed by atoms with Gasteiger partial charge in [-0.05, 0) is 25.0 Å². The van der Waals surface area contributed by atoms with Crippen LogP contribution in [0.4, 0.5) is 15.8 Å². The molecule has 1 aromatic carbocycles. The SMILES string of the molecule is CCC(CO)(CO)Nc1cc(C)c(F)cc1[N+](=O)[O-]. The normalized spacial score (nSPS) is 11.4. The molecular formula is C12H17FN2O4. The zero-order valence-corrected chi connectivity index (χ0v) is 10.8. The van der Waals surface area contributed by atoms with Gasteiger partial charge in [-0.25, -0.2) is 4.39 Å². The summed E-state index contributed by atoms with van der Waals surface area (Å²) in [5.41, 5.74) is -1.18. The predicted octanol–water partition coefficient (Wildman–Crippen LogP) is 1.59. The van der Waals surface area contributed by atoms with E-state index in [9.17, 15) is 24.7 Å². The van der Waals surface area contributed by atoms with Gasteiger partial charge in [0.2, 0.25) is 0 Å². The Hall–Kier alpha value is -1.73. The van der Waals surface area contributed by atoms with Gasteiger partial charge in [-0.15, -0.1) is 0 Å². The second kappa shape index (κ2) is 5.94. The number of nitrogens with zero attached hydrogens (tertiary/aromatic N) is 1. The lowest BCUT2D eigenvalue weighted by molar-refractivity contribution is -0.384. The molecule has 0 aromatic heterocycles. The summed E-state index contributed by atoms with van der Waals surface area (Å²) in [6, 6.07) is 2.12. The monoisotopic (exact) mass is 272 g/mol. The Morgan fingerprint density at radius 2 is 2.00 bits per heavy atom. The summed E-state index contributed by atoms with van der Waals surface area (Å²) in [5, 5.41) is 32.3. The van der Waals surface area contributed by atoms with Crippen LogP contribution in [0.15, 0.2) is 12.1 Å². The lowest BCUT2D eigenvalue weighted by atomic mass is 9.97. The molecule has 1 aromatic rings. The van der Waals surface area contributed by atoms with Crippen LogP contribution in [0.25, 0.3) is 0 Å². The average Bonchev–Trinajstić information content (AvgIpc) is 2.39. The van der Waals surface area contributed by atoms with Crippen molar-refractivity contribution in [2.75, 3.05) is 18.5 Å². The Morgan fingerprint density at radius 1 is 1.42 bits per heavy atom. The van der Waals surface area contributed by atoms with Gasteiger partial charge in [0.05, 0.1) is 29.7 Å². The molecule has 1 rings (SSSR count). The van der Waals surface area contributed by atoms with Crippen LogP contribution in [0.3, 0.4) is 0 Å². The van der Waals surface area contributed by atoms with Gasteiger partial charge in [-0.3, -0.25) is 10.1 Å². The lowest BCUT2D eigenvalue weighted by Crippen LogP contribution is -2.45. The van der Waals surface area contributed by atoms with Gasteiger partial charge in [0.15, 0.2) is 0 Å². The van der Waals surface area contributed by atoms with Crippen molar-refractivity contribution in [3.63, 3.8) is 0 Å². The first kappa shape index (κ1) is 15.3. The van der Waals surface area contributed by atoms with Crippen molar-refractivity contribution in [3.05, 3.63) is 33.6 Å². The zero-order valence-electron chi connectivity index (χ0n) is 10.8. The van der Waals surface area contributed by atoms with Gasteiger partial charge in [-0.2, -0.15) is 0 Å². The van der Waals surface area contributed by atoms with E-state index in [1.54, 1.807) is 6.92 Å². The van der Waals surface area contributed by atoms with Crippen LogP contribution in [-0.4, -0.2) is 33.9 Å². The third-order valence-electron chi connectivity index (χ3n) is 3.16. The van der Waals surface area contributed by atoms with Crippen LogP contribution in [0.1, 0.15) is 18.9 Å². The Balaban J connectivity index is 3.26. The summed E-state index contributed by atoms with van der Waals surface area (Å²) in [5.74, 6) is -0.674. The van der Waals surface area contributed by atoms with Crippen LogP contribution < -0.4 is 5.32 Å². The summed E-state index contributed by atoms with van der Waals surface area (Å²) in [7, 11) is 0. The van der Waals surface area contributed by atoms with Gasteiger partial charge in [0, 0.05) is 0 Å². The molecule has 0 amide bonds. The molecule has 0 aliphatic heterocycles. The van der Waals surface area contributed by atoms with E-state index in [0.717, 1.165) is 6.07 Å². The van der Waals surface area contributed by atoms with E-state index in [-0.39, 0.29) is 11.3 Å². The number of nitro groups is 1. The maximum atomic E-state index is 13.4. The molecule has 6 nitrogen and oxygen atoms in total. The molecule has 0 unspecified atom stereocenters. The Bertz CT molecular complexity index is 467. The lowest BCUT2D eigenvalue weighted by Gasteiger charge is -2.30. The number of benzene rings is 1. The summed E-state index contributed by atoms with van der Waals surface area (Å²) >= 11 is 0. The number of aryl methyl sites for hydroxylation is 1. The molecule has 0 aliphatic carbocycles. The number of halogens is 1. The fraction of sp³-hybridized carbons (Fsp3) is 0.500. The smallest absolute Gasteiger partial charge is 0.295 e. The van der Waals surface area contributed by atoms with Crippen LogP contribution in [-0.2, 0) is 0 Å². The summed E-state index contributed by atoms with van der Waals surface area (Å²) in [6.45, 7) is 2.42. The fourth-order valence-corrected chi connectivity index (χ4v) is 1.65. The second-order valence-corrected chi connectivity index (χ2v) is 4.45. The highest BCUT2D eigenvalue weighted by Crippen LogP contribution is 2.30. The molecular weight excluding hydrogens is 255 g/mol. The quantitative estimate of drug-likeness (QED) is 0.540. The van der Waals surface area contributed by atoms with E-state index in [4.69, 9.17) is 0 Å². The van der Waals surface area contributed by atoms with E-state index in [1.807, 2.05) is 0 Å². The van der Waals surface area contributed by atoms with Crippen molar-refractivity contribution >= 4 is 11.4 Å². The number of hydrogen-bond acceptors (Lipinski definition) is 5. The molecule has 7 heteroatoms. The molecule has 0 saturated carbocycles. The molecule has 0 aliphatic rings. The highest BCUT2D eigenvalue weighted by molar-refractivity contribution is 5.64. The van der Waals surface area contributed by atoms with E-state index in [2.05, 4.69) is 5.32 Å². The molecule has 0 atom stereocenters. The average molecular weight is 272 g/mol. The van der Waals surface area contributed by atoms with Crippen molar-refractivity contribution in [2.45, 2.75) is 25.8 Å². The number of aliphatic hydroxyl groups excluding tert-OH is 2. The minimum atomic E-state index is -1.07. The molecule has 0 spiro atoms. The maximum absolute atomic E-state index is 13.4. The van der Waals surface area contributed by atoms with Crippen molar-refractivity contribution in [2.24, 2.45) is 0 Å². The third kappa shape index (κ3) is 3.18. The Morgan fingerprint density at radius 3 is 2.42 bits per heavy atom. The van der Waals surface area contributed by atoms with E-state index >= 15 is 0 Å². The number of hydrogen-bond donors (Lipinski definition) is 3. The van der Waals surface area contributed by atoms with Crippen LogP contribution in [0.2, 0.25) is 0 Å². The van der Waals surface area contributed by atoms with E-state index < -0.39 is 35.2 Å². The van der Waals surface area contributed by atoms with Crippen LogP contribution in [0, 0.1) is 22.9 Å². The summed E-state index contributed by atoms with van der Waals surface area (Å²) in [6.07, 6.45) is 0.355. The van der Waals surface area contributed by atoms with E-state index in [1.165, 1.54) is 13.0 Å². The molecule has 19 heavy (non-hydrogen) atoms. The molecule has 0 fully saturated rings. The summed E-state index contributed by atoms with van der Waals surface area (Å²) in [4.78, 5) is 10.2. The van der Waals surface area contributed by atoms with Crippen LogP contribution >= 0.6 is 0 Å². The third-order valence-corrected chi connectivity index (χ3v) is 3.16. The van der Waals surface area contributed by atoms with Crippen molar-refractivity contribution in [1.82, 2.24) is 0 Å². The van der Waals surface area contributed by atoms with Crippen LogP contribution in [0.5, 0.6) is 0 Å². The molecule has 0 heterocycles. The van der Waals surface area contributed by atoms with E-state index in [0.29, 0.717) is 6.42 Å². The zero-order chi connectivity index (χ0) is 14.6. The number of anilines is 1. The molecule has 0 bridgehead atoms. The highest BCUT2D eigenvalue weighted by atomic mass is 19.1. The van der Waals surface area contributed by atoms with Gasteiger partial charge in [0.25, 0.3) is 5.69 Å². The minimum Gasteiger partial charge on any atom is -0.394 e. The van der Waals surface area contributed by atoms with Crippen molar-refractivity contribution in [3.8, 4) is 0 Å². The first-order chi connectivity index (χ1) is 8.89. The number of nitro benzene ring substituents is 1. The number of rotatable bonds is 6. The minimum absolute atomic E-state index is 0.0776. The topological polar surface area (TPSA) is 95.6 Å². The fourth-order valence-electron chi connectivity index (χ4n) is 1.65. The Labute approximate surface area is 110 Å².